The lowest BCUT2D eigenvalue weighted by atomic mass is 10.2. The second-order valence-corrected chi connectivity index (χ2v) is 8.92. The first kappa shape index (κ1) is 22.7. The standard InChI is InChI=1S/C27H27N3O2S/c1-29(22-13-6-3-7-14-22)18-10-17-28-26(31)20-30-23-15-8-9-16-24(23)33-25(27(30)32)19-21-11-4-2-5-12-21/h2-9,11-16,19H,10,17-18,20H2,1H3,(H,28,31). The smallest absolute Gasteiger partial charge is 0.265 e. The maximum absolute atomic E-state index is 13.3. The summed E-state index contributed by atoms with van der Waals surface area (Å²) in [6.07, 6.45) is 2.70. The summed E-state index contributed by atoms with van der Waals surface area (Å²) < 4.78 is 0. The number of fused-ring (bicyclic) bond motifs is 1. The van der Waals surface area contributed by atoms with Gasteiger partial charge in [-0.2, -0.15) is 0 Å². The Labute approximate surface area is 199 Å². The Morgan fingerprint density at radius 3 is 2.39 bits per heavy atom. The molecule has 0 unspecified atom stereocenters. The number of carbonyl (C=O) groups excluding carboxylic acids is 2. The first-order valence-corrected chi connectivity index (χ1v) is 11.8. The van der Waals surface area contributed by atoms with E-state index < -0.39 is 0 Å². The quantitative estimate of drug-likeness (QED) is 0.390. The Morgan fingerprint density at radius 2 is 1.64 bits per heavy atom. The Hall–Kier alpha value is -3.51. The minimum Gasteiger partial charge on any atom is -0.375 e. The van der Waals surface area contributed by atoms with Crippen LogP contribution in [0.1, 0.15) is 12.0 Å². The summed E-state index contributed by atoms with van der Waals surface area (Å²) in [6, 6.07) is 27.6. The maximum atomic E-state index is 13.3. The molecular formula is C27H27N3O2S. The number of thioether (sulfide) groups is 1. The molecule has 33 heavy (non-hydrogen) atoms. The zero-order valence-electron chi connectivity index (χ0n) is 18.6. The number of hydrogen-bond donors (Lipinski definition) is 1. The molecule has 4 rings (SSSR count). The fourth-order valence-electron chi connectivity index (χ4n) is 3.67. The Bertz CT molecular complexity index is 1130. The highest BCUT2D eigenvalue weighted by atomic mass is 32.2. The summed E-state index contributed by atoms with van der Waals surface area (Å²) in [5.41, 5.74) is 2.88. The third-order valence-corrected chi connectivity index (χ3v) is 6.50. The fourth-order valence-corrected chi connectivity index (χ4v) is 4.73. The number of anilines is 2. The lowest BCUT2D eigenvalue weighted by Crippen LogP contribution is -2.43. The molecule has 6 heteroatoms. The lowest BCUT2D eigenvalue weighted by Gasteiger charge is -2.30. The van der Waals surface area contributed by atoms with Crippen LogP contribution in [-0.4, -0.2) is 38.5 Å². The van der Waals surface area contributed by atoms with Gasteiger partial charge >= 0.3 is 0 Å². The Balaban J connectivity index is 1.38. The van der Waals surface area contributed by atoms with Gasteiger partial charge < -0.3 is 10.2 Å². The van der Waals surface area contributed by atoms with Gasteiger partial charge in [-0.05, 0) is 42.3 Å². The number of benzene rings is 3. The SMILES string of the molecule is CN(CCCNC(=O)CN1C(=O)C(=Cc2ccccc2)Sc2ccccc21)c1ccccc1. The molecule has 0 spiro atoms. The van der Waals surface area contributed by atoms with E-state index in [9.17, 15) is 9.59 Å². The number of nitrogens with one attached hydrogen (secondary N) is 1. The van der Waals surface area contributed by atoms with Crippen LogP contribution in [0.2, 0.25) is 0 Å². The van der Waals surface area contributed by atoms with E-state index in [-0.39, 0.29) is 18.4 Å². The normalized spacial score (nSPS) is 14.2. The predicted molar refractivity (Wildman–Crippen MR) is 136 cm³/mol. The van der Waals surface area contributed by atoms with Crippen LogP contribution in [0.3, 0.4) is 0 Å². The summed E-state index contributed by atoms with van der Waals surface area (Å²) in [7, 11) is 2.04. The molecule has 3 aromatic carbocycles. The minimum atomic E-state index is -0.161. The van der Waals surface area contributed by atoms with Crippen molar-refractivity contribution in [2.45, 2.75) is 11.3 Å². The van der Waals surface area contributed by atoms with E-state index in [1.165, 1.54) is 11.8 Å². The van der Waals surface area contributed by atoms with Gasteiger partial charge in [0.1, 0.15) is 6.54 Å². The molecule has 1 aliphatic rings. The van der Waals surface area contributed by atoms with Crippen LogP contribution in [0.5, 0.6) is 0 Å². The first-order chi connectivity index (χ1) is 16.1. The van der Waals surface area contributed by atoms with Crippen LogP contribution in [-0.2, 0) is 9.59 Å². The molecule has 5 nitrogen and oxygen atoms in total. The van der Waals surface area contributed by atoms with Crippen LogP contribution >= 0.6 is 11.8 Å². The highest BCUT2D eigenvalue weighted by Gasteiger charge is 2.30. The van der Waals surface area contributed by atoms with Crippen molar-refractivity contribution in [1.29, 1.82) is 0 Å². The van der Waals surface area contributed by atoms with Crippen molar-refractivity contribution in [1.82, 2.24) is 5.32 Å². The molecular weight excluding hydrogens is 430 g/mol. The molecule has 0 atom stereocenters. The molecule has 0 aliphatic carbocycles. The first-order valence-electron chi connectivity index (χ1n) is 11.0. The molecule has 0 bridgehead atoms. The van der Waals surface area contributed by atoms with Crippen molar-refractivity contribution in [3.8, 4) is 0 Å². The van der Waals surface area contributed by atoms with Crippen molar-refractivity contribution in [2.24, 2.45) is 0 Å². The van der Waals surface area contributed by atoms with Crippen molar-refractivity contribution in [3.05, 3.63) is 95.4 Å². The lowest BCUT2D eigenvalue weighted by molar-refractivity contribution is -0.122. The van der Waals surface area contributed by atoms with Crippen LogP contribution < -0.4 is 15.1 Å². The molecule has 0 saturated carbocycles. The summed E-state index contributed by atoms with van der Waals surface area (Å²) in [4.78, 5) is 31.3. The van der Waals surface area contributed by atoms with Crippen molar-refractivity contribution >= 4 is 41.0 Å². The van der Waals surface area contributed by atoms with Gasteiger partial charge in [-0.1, -0.05) is 72.4 Å². The van der Waals surface area contributed by atoms with Gasteiger partial charge in [0.15, 0.2) is 0 Å². The van der Waals surface area contributed by atoms with E-state index in [0.717, 1.165) is 34.8 Å². The molecule has 3 aromatic rings. The van der Waals surface area contributed by atoms with Gasteiger partial charge in [-0.3, -0.25) is 14.5 Å². The average molecular weight is 458 g/mol. The van der Waals surface area contributed by atoms with Crippen molar-refractivity contribution in [2.75, 3.05) is 36.5 Å². The summed E-state index contributed by atoms with van der Waals surface area (Å²) in [5, 5.41) is 2.97. The summed E-state index contributed by atoms with van der Waals surface area (Å²) in [5.74, 6) is -0.312. The van der Waals surface area contributed by atoms with Gasteiger partial charge in [0.2, 0.25) is 5.91 Å². The Kier molecular flexibility index (Phi) is 7.47. The van der Waals surface area contributed by atoms with Crippen LogP contribution in [0.4, 0.5) is 11.4 Å². The third-order valence-electron chi connectivity index (χ3n) is 5.42. The summed E-state index contributed by atoms with van der Waals surface area (Å²) >= 11 is 1.45. The number of amides is 2. The highest BCUT2D eigenvalue weighted by molar-refractivity contribution is 8.04. The topological polar surface area (TPSA) is 52.7 Å². The zero-order chi connectivity index (χ0) is 23.0. The van der Waals surface area contributed by atoms with E-state index in [4.69, 9.17) is 0 Å². The molecule has 2 amide bonds. The van der Waals surface area contributed by atoms with Gasteiger partial charge in [-0.15, -0.1) is 0 Å². The predicted octanol–water partition coefficient (Wildman–Crippen LogP) is 4.81. The van der Waals surface area contributed by atoms with Gasteiger partial charge in [0.25, 0.3) is 5.91 Å². The highest BCUT2D eigenvalue weighted by Crippen LogP contribution is 2.41. The molecule has 0 fully saturated rings. The number of rotatable bonds is 8. The van der Waals surface area contributed by atoms with Gasteiger partial charge in [-0.25, -0.2) is 0 Å². The largest absolute Gasteiger partial charge is 0.375 e. The zero-order valence-corrected chi connectivity index (χ0v) is 19.4. The van der Waals surface area contributed by atoms with Crippen LogP contribution in [0, 0.1) is 0 Å². The molecule has 0 radical (unpaired) electrons. The van der Waals surface area contributed by atoms with Crippen LogP contribution in [0.25, 0.3) is 6.08 Å². The van der Waals surface area contributed by atoms with Crippen molar-refractivity contribution < 1.29 is 9.59 Å². The number of para-hydroxylation sites is 2. The molecule has 0 saturated heterocycles. The third kappa shape index (κ3) is 5.84. The number of nitrogens with zero attached hydrogens (tertiary/aromatic N) is 2. The monoisotopic (exact) mass is 457 g/mol. The van der Waals surface area contributed by atoms with Crippen molar-refractivity contribution in [3.63, 3.8) is 0 Å². The molecule has 1 aliphatic heterocycles. The summed E-state index contributed by atoms with van der Waals surface area (Å²) in [6.45, 7) is 1.38. The average Bonchev–Trinajstić information content (AvgIpc) is 2.85. The maximum Gasteiger partial charge on any atom is 0.265 e. The molecule has 0 aromatic heterocycles. The van der Waals surface area contributed by atoms with E-state index >= 15 is 0 Å². The van der Waals surface area contributed by atoms with E-state index in [1.807, 2.05) is 85.9 Å². The molecule has 1 heterocycles. The van der Waals surface area contributed by atoms with E-state index in [0.29, 0.717) is 11.4 Å². The number of carbonyl (C=O) groups is 2. The second-order valence-electron chi connectivity index (χ2n) is 7.84. The Morgan fingerprint density at radius 1 is 0.970 bits per heavy atom. The van der Waals surface area contributed by atoms with E-state index in [1.54, 1.807) is 4.90 Å². The second kappa shape index (κ2) is 10.9. The molecule has 168 valence electrons. The van der Waals surface area contributed by atoms with E-state index in [2.05, 4.69) is 22.3 Å². The van der Waals surface area contributed by atoms with Gasteiger partial charge in [0.05, 0.1) is 10.6 Å². The minimum absolute atomic E-state index is 0.00292. The van der Waals surface area contributed by atoms with Gasteiger partial charge in [0, 0.05) is 30.7 Å². The fraction of sp³-hybridized carbons (Fsp3) is 0.185. The molecule has 1 N–H and O–H groups in total. The number of hydrogen-bond acceptors (Lipinski definition) is 4. The van der Waals surface area contributed by atoms with Crippen LogP contribution in [0.15, 0.2) is 94.7 Å².